The molecule has 5 heteroatoms. The van der Waals surface area contributed by atoms with Gasteiger partial charge in [0, 0.05) is 6.04 Å². The van der Waals surface area contributed by atoms with Gasteiger partial charge >= 0.3 is 0 Å². The minimum absolute atomic E-state index is 0.264. The zero-order valence-electron chi connectivity index (χ0n) is 9.53. The molecule has 17 heavy (non-hydrogen) atoms. The number of thioether (sulfide) groups is 1. The van der Waals surface area contributed by atoms with Crippen molar-refractivity contribution in [3.05, 3.63) is 22.7 Å². The fourth-order valence-electron chi connectivity index (χ4n) is 2.08. The van der Waals surface area contributed by atoms with E-state index in [1.165, 1.54) is 12.2 Å². The van der Waals surface area contributed by atoms with Crippen molar-refractivity contribution in [2.75, 3.05) is 12.5 Å². The van der Waals surface area contributed by atoms with E-state index in [4.69, 9.17) is 21.1 Å². The number of benzene rings is 1. The number of halogens is 1. The highest BCUT2D eigenvalue weighted by atomic mass is 35.5. The molecule has 2 atom stereocenters. The van der Waals surface area contributed by atoms with Crippen LogP contribution in [0.3, 0.4) is 0 Å². The second kappa shape index (κ2) is 4.59. The molecule has 1 aromatic rings. The van der Waals surface area contributed by atoms with E-state index >= 15 is 0 Å². The molecule has 1 N–H and O–H groups in total. The van der Waals surface area contributed by atoms with Gasteiger partial charge in [0.2, 0.25) is 6.79 Å². The quantitative estimate of drug-likeness (QED) is 0.850. The molecule has 2 aliphatic rings. The lowest BCUT2D eigenvalue weighted by molar-refractivity contribution is 0.174. The molecule has 92 valence electrons. The van der Waals surface area contributed by atoms with Crippen LogP contribution < -0.4 is 14.8 Å². The van der Waals surface area contributed by atoms with Gasteiger partial charge in [0.05, 0.1) is 10.4 Å². The van der Waals surface area contributed by atoms with Crippen molar-refractivity contribution in [3.63, 3.8) is 0 Å². The smallest absolute Gasteiger partial charge is 0.231 e. The maximum absolute atomic E-state index is 6.19. The molecule has 2 aliphatic heterocycles. The van der Waals surface area contributed by atoms with Crippen LogP contribution >= 0.6 is 23.4 Å². The average molecular weight is 272 g/mol. The van der Waals surface area contributed by atoms with Crippen LogP contribution in [0.2, 0.25) is 5.02 Å². The van der Waals surface area contributed by atoms with E-state index in [-0.39, 0.29) is 6.79 Å². The lowest BCUT2D eigenvalue weighted by Crippen LogP contribution is -2.33. The maximum Gasteiger partial charge on any atom is 0.231 e. The highest BCUT2D eigenvalue weighted by Crippen LogP contribution is 2.43. The Hall–Kier alpha value is -0.580. The number of nitrogens with one attached hydrogen (secondary N) is 1. The highest BCUT2D eigenvalue weighted by Gasteiger charge is 2.24. The first kappa shape index (κ1) is 11.5. The zero-order valence-corrected chi connectivity index (χ0v) is 11.1. The Bertz CT molecular complexity index is 441. The summed E-state index contributed by atoms with van der Waals surface area (Å²) >= 11 is 8.10. The lowest BCUT2D eigenvalue weighted by Gasteiger charge is -2.28. The fraction of sp³-hybridized carbons (Fsp3) is 0.500. The first-order chi connectivity index (χ1) is 8.24. The molecule has 3 rings (SSSR count). The van der Waals surface area contributed by atoms with Crippen LogP contribution in [-0.2, 0) is 0 Å². The standard InChI is InChI=1S/C12H14ClNO2S/c1-7-2-3-17-12(14-7)8-4-9(13)11-10(5-8)15-6-16-11/h4-5,7,12,14H,2-3,6H2,1H3. The van der Waals surface area contributed by atoms with Gasteiger partial charge in [-0.05, 0) is 36.8 Å². The van der Waals surface area contributed by atoms with Crippen molar-refractivity contribution < 1.29 is 9.47 Å². The topological polar surface area (TPSA) is 30.5 Å². The van der Waals surface area contributed by atoms with Gasteiger partial charge in [-0.1, -0.05) is 11.6 Å². The molecule has 3 nitrogen and oxygen atoms in total. The summed E-state index contributed by atoms with van der Waals surface area (Å²) in [6.45, 7) is 2.47. The molecule has 1 aromatic carbocycles. The van der Waals surface area contributed by atoms with Crippen LogP contribution in [0.5, 0.6) is 11.5 Å². The predicted octanol–water partition coefficient (Wildman–Crippen LogP) is 3.18. The fourth-order valence-corrected chi connectivity index (χ4v) is 3.74. The Labute approximate surface area is 110 Å². The SMILES string of the molecule is CC1CCSC(c2cc(Cl)c3c(c2)OCO3)N1. The minimum Gasteiger partial charge on any atom is -0.454 e. The van der Waals surface area contributed by atoms with E-state index in [1.54, 1.807) is 0 Å². The van der Waals surface area contributed by atoms with Gasteiger partial charge in [0.15, 0.2) is 11.5 Å². The first-order valence-corrected chi connectivity index (χ1v) is 7.13. The molecule has 0 aromatic heterocycles. The van der Waals surface area contributed by atoms with Gasteiger partial charge in [-0.15, -0.1) is 11.8 Å². The molecular formula is C12H14ClNO2S. The second-order valence-electron chi connectivity index (χ2n) is 4.34. The van der Waals surface area contributed by atoms with Crippen molar-refractivity contribution in [1.82, 2.24) is 5.32 Å². The summed E-state index contributed by atoms with van der Waals surface area (Å²) in [6.07, 6.45) is 1.21. The summed E-state index contributed by atoms with van der Waals surface area (Å²) in [5.41, 5.74) is 1.16. The van der Waals surface area contributed by atoms with Crippen molar-refractivity contribution in [2.45, 2.75) is 24.8 Å². The molecule has 0 aliphatic carbocycles. The molecule has 2 unspecified atom stereocenters. The van der Waals surface area contributed by atoms with Gasteiger partial charge in [-0.3, -0.25) is 5.32 Å². The molecule has 0 spiro atoms. The molecule has 0 saturated carbocycles. The van der Waals surface area contributed by atoms with Gasteiger partial charge in [-0.25, -0.2) is 0 Å². The third kappa shape index (κ3) is 2.21. The predicted molar refractivity (Wildman–Crippen MR) is 70.0 cm³/mol. The van der Waals surface area contributed by atoms with Gasteiger partial charge in [-0.2, -0.15) is 0 Å². The molecule has 1 saturated heterocycles. The van der Waals surface area contributed by atoms with Crippen molar-refractivity contribution >= 4 is 23.4 Å². The minimum atomic E-state index is 0.264. The van der Waals surface area contributed by atoms with E-state index in [0.717, 1.165) is 11.3 Å². The summed E-state index contributed by atoms with van der Waals surface area (Å²) in [6, 6.07) is 4.54. The monoisotopic (exact) mass is 271 g/mol. The maximum atomic E-state index is 6.19. The lowest BCUT2D eigenvalue weighted by atomic mass is 10.1. The van der Waals surface area contributed by atoms with Crippen LogP contribution in [0.4, 0.5) is 0 Å². The normalized spacial score (nSPS) is 27.2. The van der Waals surface area contributed by atoms with E-state index in [0.29, 0.717) is 22.2 Å². The largest absolute Gasteiger partial charge is 0.454 e. The van der Waals surface area contributed by atoms with Crippen molar-refractivity contribution in [2.24, 2.45) is 0 Å². The average Bonchev–Trinajstić information content (AvgIpc) is 2.77. The van der Waals surface area contributed by atoms with Gasteiger partial charge in [0.1, 0.15) is 0 Å². The van der Waals surface area contributed by atoms with Crippen LogP contribution in [-0.4, -0.2) is 18.6 Å². The van der Waals surface area contributed by atoms with Crippen LogP contribution in [0.1, 0.15) is 24.3 Å². The molecular weight excluding hydrogens is 258 g/mol. The van der Waals surface area contributed by atoms with Crippen LogP contribution in [0.25, 0.3) is 0 Å². The molecule has 0 radical (unpaired) electrons. The van der Waals surface area contributed by atoms with Crippen LogP contribution in [0, 0.1) is 0 Å². The van der Waals surface area contributed by atoms with Crippen molar-refractivity contribution in [1.29, 1.82) is 0 Å². The molecule has 2 heterocycles. The molecule has 0 amide bonds. The Kier molecular flexibility index (Phi) is 3.11. The van der Waals surface area contributed by atoms with E-state index in [2.05, 4.69) is 12.2 Å². The van der Waals surface area contributed by atoms with Gasteiger partial charge < -0.3 is 9.47 Å². The van der Waals surface area contributed by atoms with Crippen molar-refractivity contribution in [3.8, 4) is 11.5 Å². The number of hydrogen-bond donors (Lipinski definition) is 1. The summed E-state index contributed by atoms with van der Waals surface area (Å²) in [4.78, 5) is 0. The van der Waals surface area contributed by atoms with E-state index in [9.17, 15) is 0 Å². The Morgan fingerprint density at radius 1 is 1.41 bits per heavy atom. The van der Waals surface area contributed by atoms with E-state index < -0.39 is 0 Å². The Balaban J connectivity index is 1.90. The number of fused-ring (bicyclic) bond motifs is 1. The zero-order chi connectivity index (χ0) is 11.8. The summed E-state index contributed by atoms with van der Waals surface area (Å²) in [7, 11) is 0. The third-order valence-electron chi connectivity index (χ3n) is 3.02. The highest BCUT2D eigenvalue weighted by molar-refractivity contribution is 7.99. The van der Waals surface area contributed by atoms with Gasteiger partial charge in [0.25, 0.3) is 0 Å². The second-order valence-corrected chi connectivity index (χ2v) is 5.96. The molecule has 0 bridgehead atoms. The number of rotatable bonds is 1. The van der Waals surface area contributed by atoms with Crippen LogP contribution in [0.15, 0.2) is 12.1 Å². The number of ether oxygens (including phenoxy) is 2. The Morgan fingerprint density at radius 2 is 2.29 bits per heavy atom. The number of hydrogen-bond acceptors (Lipinski definition) is 4. The first-order valence-electron chi connectivity index (χ1n) is 5.71. The van der Waals surface area contributed by atoms with E-state index in [1.807, 2.05) is 23.9 Å². The summed E-state index contributed by atoms with van der Waals surface area (Å²) in [5.74, 6) is 2.60. The summed E-state index contributed by atoms with van der Waals surface area (Å²) < 4.78 is 10.7. The third-order valence-corrected chi connectivity index (χ3v) is 4.52. The summed E-state index contributed by atoms with van der Waals surface area (Å²) in [5, 5.41) is 4.49. The molecule has 1 fully saturated rings. The Morgan fingerprint density at radius 3 is 3.12 bits per heavy atom.